The Morgan fingerprint density at radius 2 is 2.00 bits per heavy atom. The average molecular weight is 222 g/mol. The lowest BCUT2D eigenvalue weighted by Crippen LogP contribution is -2.21. The minimum Gasteiger partial charge on any atom is -0.289 e. The van der Waals surface area contributed by atoms with E-state index in [9.17, 15) is 9.59 Å². The highest BCUT2D eigenvalue weighted by atomic mass is 35.5. The number of carbonyl (C=O) groups excluding carboxylic acids is 2. The first-order chi connectivity index (χ1) is 7.08. The monoisotopic (exact) mass is 221 g/mol. The number of rotatable bonds is 1. The van der Waals surface area contributed by atoms with Gasteiger partial charge in [0, 0.05) is 11.1 Å². The number of benzene rings is 1. The van der Waals surface area contributed by atoms with Crippen molar-refractivity contribution in [2.45, 2.75) is 6.92 Å². The second-order valence-electron chi connectivity index (χ2n) is 3.34. The van der Waals surface area contributed by atoms with Gasteiger partial charge in [-0.05, 0) is 24.1 Å². The molecule has 1 aromatic carbocycles. The van der Waals surface area contributed by atoms with Gasteiger partial charge in [-0.25, -0.2) is 0 Å². The molecule has 0 aliphatic carbocycles. The molecule has 0 spiro atoms. The zero-order valence-corrected chi connectivity index (χ0v) is 8.76. The minimum absolute atomic E-state index is 0.363. The first kappa shape index (κ1) is 9.93. The fourth-order valence-corrected chi connectivity index (χ4v) is 1.57. The first-order valence-electron chi connectivity index (χ1n) is 4.41. The van der Waals surface area contributed by atoms with Gasteiger partial charge < -0.3 is 0 Å². The molecular formula is C11H8ClNO2. The molecule has 0 atom stereocenters. The van der Waals surface area contributed by atoms with Crippen LogP contribution in [0.2, 0.25) is 5.02 Å². The summed E-state index contributed by atoms with van der Waals surface area (Å²) < 4.78 is 0. The molecule has 0 fully saturated rings. The van der Waals surface area contributed by atoms with E-state index in [1.165, 1.54) is 6.08 Å². The lowest BCUT2D eigenvalue weighted by atomic mass is 10.0. The molecule has 2 rings (SSSR count). The normalized spacial score (nSPS) is 15.2. The van der Waals surface area contributed by atoms with Crippen LogP contribution in [0.1, 0.15) is 11.1 Å². The SMILES string of the molecule is Cc1ccc(C2=CC(=O)NC2=O)cc1Cl. The summed E-state index contributed by atoms with van der Waals surface area (Å²) in [5.74, 6) is -0.758. The highest BCUT2D eigenvalue weighted by molar-refractivity contribution is 6.35. The Bertz CT molecular complexity index is 491. The summed E-state index contributed by atoms with van der Waals surface area (Å²) >= 11 is 5.93. The molecule has 3 nitrogen and oxygen atoms in total. The Morgan fingerprint density at radius 3 is 2.53 bits per heavy atom. The molecule has 0 bridgehead atoms. The molecular weight excluding hydrogens is 214 g/mol. The van der Waals surface area contributed by atoms with E-state index in [2.05, 4.69) is 5.32 Å². The Balaban J connectivity index is 2.47. The molecule has 2 amide bonds. The summed E-state index contributed by atoms with van der Waals surface area (Å²) in [6.07, 6.45) is 1.28. The maximum absolute atomic E-state index is 11.3. The molecule has 0 aromatic heterocycles. The van der Waals surface area contributed by atoms with Crippen LogP contribution in [0.25, 0.3) is 5.57 Å². The Morgan fingerprint density at radius 1 is 1.27 bits per heavy atom. The number of imide groups is 1. The van der Waals surface area contributed by atoms with E-state index in [1.807, 2.05) is 13.0 Å². The van der Waals surface area contributed by atoms with Crippen LogP contribution in [0.15, 0.2) is 24.3 Å². The molecule has 15 heavy (non-hydrogen) atoms. The molecule has 76 valence electrons. The van der Waals surface area contributed by atoms with Crippen LogP contribution in [-0.2, 0) is 9.59 Å². The molecule has 0 saturated carbocycles. The number of carbonyl (C=O) groups is 2. The summed E-state index contributed by atoms with van der Waals surface area (Å²) in [7, 11) is 0. The second kappa shape index (κ2) is 3.51. The maximum atomic E-state index is 11.3. The highest BCUT2D eigenvalue weighted by Crippen LogP contribution is 2.23. The van der Waals surface area contributed by atoms with Crippen LogP contribution in [0.3, 0.4) is 0 Å². The van der Waals surface area contributed by atoms with Gasteiger partial charge in [-0.3, -0.25) is 14.9 Å². The van der Waals surface area contributed by atoms with Crippen molar-refractivity contribution in [2.24, 2.45) is 0 Å². The van der Waals surface area contributed by atoms with Gasteiger partial charge in [0.1, 0.15) is 0 Å². The Kier molecular flexibility index (Phi) is 2.32. The molecule has 4 heteroatoms. The van der Waals surface area contributed by atoms with E-state index in [0.717, 1.165) is 5.56 Å². The maximum Gasteiger partial charge on any atom is 0.258 e. The van der Waals surface area contributed by atoms with Gasteiger partial charge in [-0.2, -0.15) is 0 Å². The molecule has 1 aliphatic rings. The number of amides is 2. The van der Waals surface area contributed by atoms with Gasteiger partial charge >= 0.3 is 0 Å². The van der Waals surface area contributed by atoms with Crippen LogP contribution in [0.4, 0.5) is 0 Å². The van der Waals surface area contributed by atoms with Crippen molar-refractivity contribution >= 4 is 29.0 Å². The van der Waals surface area contributed by atoms with Gasteiger partial charge in [-0.15, -0.1) is 0 Å². The van der Waals surface area contributed by atoms with Gasteiger partial charge in [-0.1, -0.05) is 23.7 Å². The van der Waals surface area contributed by atoms with Crippen LogP contribution < -0.4 is 5.32 Å². The molecule has 1 heterocycles. The smallest absolute Gasteiger partial charge is 0.258 e. The van der Waals surface area contributed by atoms with Crippen molar-refractivity contribution in [1.82, 2.24) is 5.32 Å². The molecule has 0 radical (unpaired) electrons. The van der Waals surface area contributed by atoms with Gasteiger partial charge in [0.05, 0.1) is 5.57 Å². The third-order valence-electron chi connectivity index (χ3n) is 2.24. The van der Waals surface area contributed by atoms with Crippen LogP contribution in [0.5, 0.6) is 0 Å². The Labute approximate surface area is 91.7 Å². The summed E-state index contributed by atoms with van der Waals surface area (Å²) in [6, 6.07) is 5.26. The summed E-state index contributed by atoms with van der Waals surface area (Å²) in [4.78, 5) is 22.3. The van der Waals surface area contributed by atoms with E-state index in [-0.39, 0.29) is 11.8 Å². The highest BCUT2D eigenvalue weighted by Gasteiger charge is 2.22. The van der Waals surface area contributed by atoms with Crippen LogP contribution in [0, 0.1) is 6.92 Å². The number of halogens is 1. The lowest BCUT2D eigenvalue weighted by Gasteiger charge is -2.02. The van der Waals surface area contributed by atoms with E-state index in [0.29, 0.717) is 16.2 Å². The van der Waals surface area contributed by atoms with Crippen molar-refractivity contribution in [1.29, 1.82) is 0 Å². The molecule has 0 saturated heterocycles. The molecule has 1 aromatic rings. The van der Waals surface area contributed by atoms with Crippen molar-refractivity contribution in [3.63, 3.8) is 0 Å². The minimum atomic E-state index is -0.383. The zero-order valence-electron chi connectivity index (χ0n) is 8.00. The molecule has 1 aliphatic heterocycles. The van der Waals surface area contributed by atoms with E-state index in [1.54, 1.807) is 12.1 Å². The third kappa shape index (κ3) is 1.78. The fraction of sp³-hybridized carbons (Fsp3) is 0.0909. The number of aryl methyl sites for hydroxylation is 1. The van der Waals surface area contributed by atoms with Crippen molar-refractivity contribution in [3.05, 3.63) is 40.4 Å². The van der Waals surface area contributed by atoms with Crippen LogP contribution in [-0.4, -0.2) is 11.8 Å². The Hall–Kier alpha value is -1.61. The summed E-state index contributed by atoms with van der Waals surface area (Å²) in [6.45, 7) is 1.88. The summed E-state index contributed by atoms with van der Waals surface area (Å²) in [5.41, 5.74) is 1.96. The number of nitrogens with one attached hydrogen (secondary N) is 1. The van der Waals surface area contributed by atoms with Crippen molar-refractivity contribution < 1.29 is 9.59 Å². The quantitative estimate of drug-likeness (QED) is 0.734. The standard InChI is InChI=1S/C11H8ClNO2/c1-6-2-3-7(4-9(6)12)8-5-10(14)13-11(8)15/h2-5H,1H3,(H,13,14,15). The van der Waals surface area contributed by atoms with Gasteiger partial charge in [0.25, 0.3) is 11.8 Å². The predicted octanol–water partition coefficient (Wildman–Crippen LogP) is 1.69. The average Bonchev–Trinajstić information content (AvgIpc) is 2.50. The number of hydrogen-bond donors (Lipinski definition) is 1. The van der Waals surface area contributed by atoms with E-state index >= 15 is 0 Å². The largest absolute Gasteiger partial charge is 0.289 e. The number of hydrogen-bond acceptors (Lipinski definition) is 2. The van der Waals surface area contributed by atoms with E-state index in [4.69, 9.17) is 11.6 Å². The molecule has 0 unspecified atom stereocenters. The van der Waals surface area contributed by atoms with Gasteiger partial charge in [0.15, 0.2) is 0 Å². The topological polar surface area (TPSA) is 46.2 Å². The van der Waals surface area contributed by atoms with Crippen molar-refractivity contribution in [2.75, 3.05) is 0 Å². The lowest BCUT2D eigenvalue weighted by molar-refractivity contribution is -0.123. The summed E-state index contributed by atoms with van der Waals surface area (Å²) in [5, 5.41) is 2.77. The first-order valence-corrected chi connectivity index (χ1v) is 4.79. The van der Waals surface area contributed by atoms with Gasteiger partial charge in [0.2, 0.25) is 0 Å². The second-order valence-corrected chi connectivity index (χ2v) is 3.75. The predicted molar refractivity (Wildman–Crippen MR) is 57.3 cm³/mol. The van der Waals surface area contributed by atoms with Crippen molar-refractivity contribution in [3.8, 4) is 0 Å². The third-order valence-corrected chi connectivity index (χ3v) is 2.65. The fourth-order valence-electron chi connectivity index (χ4n) is 1.39. The molecule has 1 N–H and O–H groups in total. The zero-order chi connectivity index (χ0) is 11.0. The van der Waals surface area contributed by atoms with Crippen LogP contribution >= 0.6 is 11.6 Å². The van der Waals surface area contributed by atoms with E-state index < -0.39 is 0 Å².